The van der Waals surface area contributed by atoms with Crippen LogP contribution in [0.25, 0.3) is 0 Å². The monoisotopic (exact) mass is 418 g/mol. The minimum atomic E-state index is -0.340. The maximum absolute atomic E-state index is 12.2. The summed E-state index contributed by atoms with van der Waals surface area (Å²) < 4.78 is 6.40. The summed E-state index contributed by atoms with van der Waals surface area (Å²) in [6.45, 7) is 6.24. The number of ether oxygens (including phenoxy) is 1. The predicted molar refractivity (Wildman–Crippen MR) is 107 cm³/mol. The molecular weight excluding hydrogens is 396 g/mol. The number of halogens is 1. The molecule has 0 aliphatic rings. The highest BCUT2D eigenvalue weighted by Crippen LogP contribution is 2.31. The number of hydrogen-bond acceptors (Lipinski definition) is 3. The summed E-state index contributed by atoms with van der Waals surface area (Å²) in [6.07, 6.45) is 0. The van der Waals surface area contributed by atoms with Crippen molar-refractivity contribution in [2.75, 3.05) is 19.0 Å². The molecule has 2 amide bonds. The lowest BCUT2D eigenvalue weighted by Crippen LogP contribution is -2.24. The minimum Gasteiger partial charge on any atom is -0.483 e. The molecule has 0 spiro atoms. The summed E-state index contributed by atoms with van der Waals surface area (Å²) >= 11 is 3.49. The van der Waals surface area contributed by atoms with Gasteiger partial charge in [-0.3, -0.25) is 9.59 Å². The number of nitrogens with one attached hydrogen (secondary N) is 2. The molecule has 5 nitrogen and oxygen atoms in total. The molecule has 0 atom stereocenters. The van der Waals surface area contributed by atoms with Gasteiger partial charge in [0.25, 0.3) is 11.8 Å². The van der Waals surface area contributed by atoms with Crippen molar-refractivity contribution in [1.29, 1.82) is 0 Å². The fraction of sp³-hybridized carbons (Fsp3) is 0.300. The number of carbonyl (C=O) groups excluding carboxylic acids is 2. The minimum absolute atomic E-state index is 0.0297. The maximum atomic E-state index is 12.2. The topological polar surface area (TPSA) is 67.4 Å². The summed E-state index contributed by atoms with van der Waals surface area (Å²) in [7, 11) is 1.54. The second-order valence-electron chi connectivity index (χ2n) is 6.86. The Morgan fingerprint density at radius 1 is 1.12 bits per heavy atom. The molecule has 0 saturated carbocycles. The van der Waals surface area contributed by atoms with Crippen LogP contribution in [0.1, 0.15) is 36.7 Å². The van der Waals surface area contributed by atoms with Gasteiger partial charge in [-0.15, -0.1) is 0 Å². The standard InChI is InChI=1S/C20H23BrN2O3/c1-20(2,3)13-9-10-17(15(21)11-13)26-12-18(24)23-16-8-6-5-7-14(16)19(25)22-4/h5-11H,12H2,1-4H3,(H,22,25)(H,23,24). The molecular formula is C20H23BrN2O3. The molecule has 2 aromatic carbocycles. The van der Waals surface area contributed by atoms with Crippen LogP contribution in [0.2, 0.25) is 0 Å². The summed E-state index contributed by atoms with van der Waals surface area (Å²) in [5.41, 5.74) is 2.05. The fourth-order valence-corrected chi connectivity index (χ4v) is 2.83. The van der Waals surface area contributed by atoms with E-state index >= 15 is 0 Å². The average Bonchev–Trinajstić information content (AvgIpc) is 2.59. The lowest BCUT2D eigenvalue weighted by molar-refractivity contribution is -0.118. The van der Waals surface area contributed by atoms with Crippen molar-refractivity contribution in [2.24, 2.45) is 0 Å². The molecule has 0 aromatic heterocycles. The van der Waals surface area contributed by atoms with E-state index in [-0.39, 0.29) is 23.8 Å². The molecule has 26 heavy (non-hydrogen) atoms. The van der Waals surface area contributed by atoms with Crippen molar-refractivity contribution in [3.05, 3.63) is 58.1 Å². The Morgan fingerprint density at radius 3 is 2.42 bits per heavy atom. The van der Waals surface area contributed by atoms with E-state index in [1.54, 1.807) is 31.3 Å². The third-order valence-electron chi connectivity index (χ3n) is 3.83. The molecule has 138 valence electrons. The predicted octanol–water partition coefficient (Wildman–Crippen LogP) is 4.12. The van der Waals surface area contributed by atoms with Gasteiger partial charge in [0.05, 0.1) is 15.7 Å². The van der Waals surface area contributed by atoms with Crippen LogP contribution < -0.4 is 15.4 Å². The molecule has 2 aromatic rings. The first kappa shape index (κ1) is 20.0. The van der Waals surface area contributed by atoms with Gasteiger partial charge < -0.3 is 15.4 Å². The normalized spacial score (nSPS) is 11.0. The Kier molecular flexibility index (Phi) is 6.42. The van der Waals surface area contributed by atoms with Crippen LogP contribution in [0, 0.1) is 0 Å². The molecule has 2 N–H and O–H groups in total. The van der Waals surface area contributed by atoms with Gasteiger partial charge >= 0.3 is 0 Å². The van der Waals surface area contributed by atoms with Gasteiger partial charge in [0, 0.05) is 7.05 Å². The molecule has 0 unspecified atom stereocenters. The lowest BCUT2D eigenvalue weighted by Gasteiger charge is -2.20. The molecule has 0 bridgehead atoms. The zero-order valence-electron chi connectivity index (χ0n) is 15.4. The van der Waals surface area contributed by atoms with Gasteiger partial charge in [0.1, 0.15) is 5.75 Å². The summed E-state index contributed by atoms with van der Waals surface area (Å²) in [5, 5.41) is 5.26. The van der Waals surface area contributed by atoms with Gasteiger partial charge in [0.2, 0.25) is 0 Å². The fourth-order valence-electron chi connectivity index (χ4n) is 2.34. The Morgan fingerprint density at radius 2 is 1.81 bits per heavy atom. The van der Waals surface area contributed by atoms with Crippen molar-refractivity contribution < 1.29 is 14.3 Å². The van der Waals surface area contributed by atoms with E-state index in [1.807, 2.05) is 18.2 Å². The van der Waals surface area contributed by atoms with Gasteiger partial charge in [-0.2, -0.15) is 0 Å². The first-order valence-corrected chi connectivity index (χ1v) is 9.05. The van der Waals surface area contributed by atoms with Crippen molar-refractivity contribution >= 4 is 33.4 Å². The molecule has 6 heteroatoms. The Labute approximate surface area is 162 Å². The lowest BCUT2D eigenvalue weighted by atomic mass is 9.87. The Hall–Kier alpha value is -2.34. The largest absolute Gasteiger partial charge is 0.483 e. The van der Waals surface area contributed by atoms with Crippen LogP contribution in [-0.2, 0) is 10.2 Å². The third-order valence-corrected chi connectivity index (χ3v) is 4.45. The van der Waals surface area contributed by atoms with E-state index < -0.39 is 0 Å². The van der Waals surface area contributed by atoms with Crippen LogP contribution >= 0.6 is 15.9 Å². The first-order valence-electron chi connectivity index (χ1n) is 8.26. The molecule has 0 saturated heterocycles. The van der Waals surface area contributed by atoms with Gasteiger partial charge in [0.15, 0.2) is 6.61 Å². The Bertz CT molecular complexity index is 813. The SMILES string of the molecule is CNC(=O)c1ccccc1NC(=O)COc1ccc(C(C)(C)C)cc1Br. The number of hydrogen-bond donors (Lipinski definition) is 2. The van der Waals surface area contributed by atoms with Gasteiger partial charge in [-0.25, -0.2) is 0 Å². The van der Waals surface area contributed by atoms with E-state index in [9.17, 15) is 9.59 Å². The van der Waals surface area contributed by atoms with Crippen molar-refractivity contribution in [3.8, 4) is 5.75 Å². The van der Waals surface area contributed by atoms with E-state index in [0.29, 0.717) is 17.0 Å². The molecule has 0 fully saturated rings. The zero-order valence-corrected chi connectivity index (χ0v) is 16.9. The molecule has 2 rings (SSSR count). The van der Waals surface area contributed by atoms with E-state index in [1.165, 1.54) is 5.56 Å². The van der Waals surface area contributed by atoms with E-state index in [2.05, 4.69) is 47.3 Å². The Balaban J connectivity index is 2.03. The van der Waals surface area contributed by atoms with Crippen LogP contribution in [-0.4, -0.2) is 25.5 Å². The highest BCUT2D eigenvalue weighted by molar-refractivity contribution is 9.10. The summed E-state index contributed by atoms with van der Waals surface area (Å²) in [5.74, 6) is -0.0109. The first-order chi connectivity index (χ1) is 12.2. The van der Waals surface area contributed by atoms with Crippen LogP contribution in [0.5, 0.6) is 5.75 Å². The number of para-hydroxylation sites is 1. The third kappa shape index (κ3) is 5.08. The highest BCUT2D eigenvalue weighted by atomic mass is 79.9. The highest BCUT2D eigenvalue weighted by Gasteiger charge is 2.16. The molecule has 0 radical (unpaired) electrons. The maximum Gasteiger partial charge on any atom is 0.262 e. The van der Waals surface area contributed by atoms with Crippen molar-refractivity contribution in [1.82, 2.24) is 5.32 Å². The van der Waals surface area contributed by atoms with Crippen LogP contribution in [0.3, 0.4) is 0 Å². The second kappa shape index (κ2) is 8.36. The van der Waals surface area contributed by atoms with Gasteiger partial charge in [-0.1, -0.05) is 39.0 Å². The van der Waals surface area contributed by atoms with Gasteiger partial charge in [-0.05, 0) is 51.2 Å². The van der Waals surface area contributed by atoms with Crippen molar-refractivity contribution in [3.63, 3.8) is 0 Å². The number of rotatable bonds is 5. The number of carbonyl (C=O) groups is 2. The molecule has 0 aliphatic carbocycles. The smallest absolute Gasteiger partial charge is 0.262 e. The van der Waals surface area contributed by atoms with Crippen LogP contribution in [0.15, 0.2) is 46.9 Å². The zero-order chi connectivity index (χ0) is 19.3. The quantitative estimate of drug-likeness (QED) is 0.766. The number of benzene rings is 2. The van der Waals surface area contributed by atoms with E-state index in [0.717, 1.165) is 4.47 Å². The van der Waals surface area contributed by atoms with Crippen LogP contribution in [0.4, 0.5) is 5.69 Å². The molecule has 0 aliphatic heterocycles. The summed E-state index contributed by atoms with van der Waals surface area (Å²) in [4.78, 5) is 24.1. The second-order valence-corrected chi connectivity index (χ2v) is 7.71. The average molecular weight is 419 g/mol. The van der Waals surface area contributed by atoms with Crippen molar-refractivity contribution in [2.45, 2.75) is 26.2 Å². The molecule has 0 heterocycles. The number of amides is 2. The number of anilines is 1. The summed E-state index contributed by atoms with van der Waals surface area (Å²) in [6, 6.07) is 12.6. The van der Waals surface area contributed by atoms with E-state index in [4.69, 9.17) is 4.74 Å².